The van der Waals surface area contributed by atoms with Gasteiger partial charge in [0.05, 0.1) is 24.7 Å². The lowest BCUT2D eigenvalue weighted by atomic mass is 9.76. The number of halogens is 1. The normalized spacial score (nSPS) is 21.7. The Hall–Kier alpha value is -1.01. The van der Waals surface area contributed by atoms with Crippen LogP contribution >= 0.6 is 28.4 Å². The van der Waals surface area contributed by atoms with Gasteiger partial charge in [-0.25, -0.2) is 4.45 Å². The summed E-state index contributed by atoms with van der Waals surface area (Å²) in [6.45, 7) is 4.18. The van der Waals surface area contributed by atoms with Gasteiger partial charge in [0.2, 0.25) is 0 Å². The Kier molecular flexibility index (Phi) is 5.55. The molecule has 1 saturated carbocycles. The third-order valence-corrected chi connectivity index (χ3v) is 6.56. The van der Waals surface area contributed by atoms with Crippen molar-refractivity contribution in [1.29, 1.82) is 0 Å². The number of hydrogen-bond acceptors (Lipinski definition) is 4. The van der Waals surface area contributed by atoms with Crippen molar-refractivity contribution < 1.29 is 14.3 Å². The summed E-state index contributed by atoms with van der Waals surface area (Å²) in [6, 6.07) is 4.18. The Morgan fingerprint density at radius 1 is 1.46 bits per heavy atom. The van der Waals surface area contributed by atoms with Crippen molar-refractivity contribution in [2.75, 3.05) is 6.61 Å². The number of aromatic nitrogens is 2. The lowest BCUT2D eigenvalue weighted by Crippen LogP contribution is -2.32. The van der Waals surface area contributed by atoms with Crippen LogP contribution in [0.5, 0.6) is 0 Å². The van der Waals surface area contributed by atoms with Gasteiger partial charge >= 0.3 is 5.97 Å². The fraction of sp³-hybridized carbons (Fsp3) is 0.471. The van der Waals surface area contributed by atoms with Gasteiger partial charge in [0.1, 0.15) is 11.7 Å². The number of aryl methyl sites for hydroxylation is 1. The topological polar surface area (TPSA) is 61.2 Å². The van der Waals surface area contributed by atoms with E-state index >= 15 is 0 Å². The van der Waals surface area contributed by atoms with Gasteiger partial charge < -0.3 is 4.74 Å². The molecule has 1 aromatic heterocycles. The van der Waals surface area contributed by atoms with Crippen LogP contribution in [0.4, 0.5) is 0 Å². The first-order chi connectivity index (χ1) is 11.6. The molecule has 3 rings (SSSR count). The molecule has 2 aromatic rings. The first-order valence-corrected chi connectivity index (χ1v) is 12.2. The zero-order valence-electron chi connectivity index (χ0n) is 13.7. The maximum absolute atomic E-state index is 12.5. The summed E-state index contributed by atoms with van der Waals surface area (Å²) in [5, 5.41) is 5.57. The van der Waals surface area contributed by atoms with Crippen molar-refractivity contribution in [2.24, 2.45) is 5.92 Å². The number of hydrogen-bond donors (Lipinski definition) is 0. The van der Waals surface area contributed by atoms with Crippen molar-refractivity contribution >= 4 is 51.1 Å². The predicted octanol–water partition coefficient (Wildman–Crippen LogP) is 4.15. The van der Waals surface area contributed by atoms with E-state index in [-0.39, 0.29) is 17.7 Å². The molecule has 1 heterocycles. The number of nitrogens with zero attached hydrogens (tertiary/aromatic N) is 2. The number of ketones is 1. The quantitative estimate of drug-likeness (QED) is 0.299. The van der Waals surface area contributed by atoms with E-state index in [9.17, 15) is 9.59 Å². The molecule has 0 N–H and O–H groups in total. The summed E-state index contributed by atoms with van der Waals surface area (Å²) in [7, 11) is 0. The minimum Gasteiger partial charge on any atom is -0.465 e. The van der Waals surface area contributed by atoms with Gasteiger partial charge in [0.25, 0.3) is 0 Å². The summed E-state index contributed by atoms with van der Waals surface area (Å²) in [5.41, 5.74) is 3.53. The number of rotatable bonds is 4. The maximum Gasteiger partial charge on any atom is 0.316 e. The second-order valence-corrected chi connectivity index (χ2v) is 8.16. The van der Waals surface area contributed by atoms with Crippen LogP contribution in [0.3, 0.4) is 0 Å². The second kappa shape index (κ2) is 7.48. The maximum atomic E-state index is 12.5. The molecule has 128 valence electrons. The van der Waals surface area contributed by atoms with Gasteiger partial charge in [-0.3, -0.25) is 9.59 Å². The van der Waals surface area contributed by atoms with Gasteiger partial charge in [0.15, 0.2) is 0 Å². The predicted molar refractivity (Wildman–Crippen MR) is 104 cm³/mol. The van der Waals surface area contributed by atoms with E-state index in [1.807, 2.05) is 10.6 Å². The molecule has 3 atom stereocenters. The van der Waals surface area contributed by atoms with Crippen molar-refractivity contribution in [1.82, 2.24) is 9.55 Å². The molecule has 1 aliphatic rings. The highest BCUT2D eigenvalue weighted by atomic mass is 127. The van der Waals surface area contributed by atoms with Gasteiger partial charge in [-0.1, -0.05) is 12.1 Å². The van der Waals surface area contributed by atoms with Crippen LogP contribution in [0.15, 0.2) is 18.3 Å². The fourth-order valence-corrected chi connectivity index (χ4v) is 5.11. The van der Waals surface area contributed by atoms with Crippen LogP contribution < -0.4 is 0 Å². The molecule has 1 aliphatic carbocycles. The average Bonchev–Trinajstić information content (AvgIpc) is 2.97. The molecule has 0 bridgehead atoms. The number of fused-ring (bicyclic) bond motifs is 1. The second-order valence-electron chi connectivity index (χ2n) is 6.12. The fourth-order valence-electron chi connectivity index (χ4n) is 3.58. The number of carbonyl (C=O) groups is 2. The highest BCUT2D eigenvalue weighted by Gasteiger charge is 2.36. The van der Waals surface area contributed by atoms with E-state index in [2.05, 4.69) is 46.2 Å². The molecule has 0 aliphatic heterocycles. The first-order valence-electron chi connectivity index (χ1n) is 8.10. The van der Waals surface area contributed by atoms with Crippen molar-refractivity contribution in [2.45, 2.75) is 39.0 Å². The van der Waals surface area contributed by atoms with E-state index in [1.165, 1.54) is 11.1 Å². The molecule has 7 heteroatoms. The zero-order chi connectivity index (χ0) is 17.3. The molecule has 0 saturated heterocycles. The van der Waals surface area contributed by atoms with Crippen LogP contribution in [0, 0.1) is 12.8 Å². The average molecular weight is 458 g/mol. The van der Waals surface area contributed by atoms with Crippen molar-refractivity contribution in [3.63, 3.8) is 0 Å². The van der Waals surface area contributed by atoms with Gasteiger partial charge in [-0.05, 0) is 65.8 Å². The Morgan fingerprint density at radius 2 is 2.25 bits per heavy atom. The number of benzene rings is 1. The third-order valence-electron chi connectivity index (χ3n) is 4.69. The van der Waals surface area contributed by atoms with Gasteiger partial charge in [0, 0.05) is 11.8 Å². The van der Waals surface area contributed by atoms with Crippen LogP contribution in [0.25, 0.3) is 10.9 Å². The van der Waals surface area contributed by atoms with E-state index in [0.717, 1.165) is 17.3 Å². The van der Waals surface area contributed by atoms with E-state index in [1.54, 1.807) is 6.92 Å². The van der Waals surface area contributed by atoms with E-state index in [0.29, 0.717) is 25.8 Å². The molecule has 0 spiro atoms. The summed E-state index contributed by atoms with van der Waals surface area (Å²) >= 11 is 2.32. The molecule has 5 nitrogen and oxygen atoms in total. The van der Waals surface area contributed by atoms with Crippen LogP contribution in [0.2, 0.25) is 0 Å². The Labute approximate surface area is 155 Å². The van der Waals surface area contributed by atoms with Crippen molar-refractivity contribution in [3.8, 4) is 0 Å². The highest BCUT2D eigenvalue weighted by Crippen LogP contribution is 2.41. The van der Waals surface area contributed by atoms with Crippen LogP contribution in [0.1, 0.15) is 43.2 Å². The Balaban J connectivity index is 1.93. The Morgan fingerprint density at radius 3 is 2.92 bits per heavy atom. The van der Waals surface area contributed by atoms with Gasteiger partial charge in [-0.2, -0.15) is 5.10 Å². The monoisotopic (exact) mass is 458 g/mol. The van der Waals surface area contributed by atoms with E-state index in [4.69, 9.17) is 4.74 Å². The number of ether oxygens (including phenoxy) is 1. The summed E-state index contributed by atoms with van der Waals surface area (Å²) in [6.07, 6.45) is 4.20. The molecule has 1 fully saturated rings. The summed E-state index contributed by atoms with van der Waals surface area (Å²) in [5.74, 6) is -0.800. The minimum absolute atomic E-state index is 0.00379. The molecular weight excluding hydrogens is 438 g/mol. The number of carbonyl (C=O) groups excluding carboxylic acids is 2. The zero-order valence-corrected chi connectivity index (χ0v) is 16.9. The molecular formula is C17H20IN2O3P. The Bertz CT molecular complexity index is 789. The van der Waals surface area contributed by atoms with E-state index < -0.39 is 5.92 Å². The SMILES string of the molecule is CCOC(=O)C1CCC(c2c(C)ccc3cnn(PI)c23)CC1=O. The molecule has 24 heavy (non-hydrogen) atoms. The highest BCUT2D eigenvalue weighted by molar-refractivity contribution is 14.2. The molecule has 1 aromatic carbocycles. The third kappa shape index (κ3) is 3.23. The lowest BCUT2D eigenvalue weighted by Gasteiger charge is -2.28. The molecule has 3 unspecified atom stereocenters. The number of Topliss-reactive ketones (excluding diaryl/α,β-unsaturated/α-hetero) is 1. The first kappa shape index (κ1) is 17.8. The lowest BCUT2D eigenvalue weighted by molar-refractivity contribution is -0.152. The largest absolute Gasteiger partial charge is 0.465 e. The smallest absolute Gasteiger partial charge is 0.316 e. The molecule has 0 amide bonds. The standard InChI is InChI=1S/C17H20IN2O3P/c1-3-23-17(22)13-7-6-11(8-14(13)21)15-10(2)4-5-12-9-19-20(24-18)16(12)15/h4-5,9,11,13,24H,3,6-8H2,1-2H3. The minimum atomic E-state index is -0.586. The van der Waals surface area contributed by atoms with Crippen molar-refractivity contribution in [3.05, 3.63) is 29.5 Å². The van der Waals surface area contributed by atoms with Crippen LogP contribution in [-0.2, 0) is 14.3 Å². The van der Waals surface area contributed by atoms with Gasteiger partial charge in [-0.15, -0.1) is 0 Å². The van der Waals surface area contributed by atoms with Crippen LogP contribution in [-0.4, -0.2) is 27.9 Å². The summed E-state index contributed by atoms with van der Waals surface area (Å²) in [4.78, 5) is 24.4. The summed E-state index contributed by atoms with van der Waals surface area (Å²) < 4.78 is 7.05. The number of esters is 1. The molecule has 0 radical (unpaired) electrons.